The lowest BCUT2D eigenvalue weighted by molar-refractivity contribution is -0.139. The van der Waals surface area contributed by atoms with Gasteiger partial charge in [-0.15, -0.1) is 0 Å². The molecule has 0 saturated heterocycles. The summed E-state index contributed by atoms with van der Waals surface area (Å²) in [4.78, 5) is 87.5. The van der Waals surface area contributed by atoms with Crippen molar-refractivity contribution in [3.63, 3.8) is 0 Å². The van der Waals surface area contributed by atoms with E-state index in [1.165, 1.54) is 0 Å². The van der Waals surface area contributed by atoms with E-state index in [9.17, 15) is 33.6 Å². The number of alkyl carbamates (subject to hydrolysis) is 1. The van der Waals surface area contributed by atoms with E-state index in [0.717, 1.165) is 0 Å². The first-order valence-electron chi connectivity index (χ1n) is 16.8. The Bertz CT molecular complexity index is 1280. The minimum absolute atomic E-state index is 0.0590. The summed E-state index contributed by atoms with van der Waals surface area (Å²) in [5.74, 6) is -3.04. The lowest BCUT2D eigenvalue weighted by Gasteiger charge is -2.33. The van der Waals surface area contributed by atoms with Crippen molar-refractivity contribution < 1.29 is 43.4 Å². The van der Waals surface area contributed by atoms with Crippen molar-refractivity contribution in [3.05, 3.63) is 0 Å². The van der Waals surface area contributed by atoms with Crippen molar-refractivity contribution >= 4 is 41.6 Å². The van der Waals surface area contributed by atoms with Crippen molar-refractivity contribution in [2.45, 2.75) is 181 Å². The van der Waals surface area contributed by atoms with Gasteiger partial charge in [0.1, 0.15) is 5.60 Å². The Hall–Kier alpha value is -3.91. The standard InChI is InChI=1S/C35H64N6O9/c1-29(2,3)50-28(49)41-34(12,13)20-26(46)39-32(8,9)18-24(44)37-30(4,5)16-22(42)36-31(6,7)17-23(43)38-33(10,11)19-25(45)40-35(14,15)21-27(47)48/h16-21H2,1-15H3,(H,36,42)(H,37,44)(H,38,43)(H,39,46)(H,40,45)(H,41,49)(H,47,48). The molecule has 0 aromatic carbocycles. The third-order valence-corrected chi connectivity index (χ3v) is 6.83. The van der Waals surface area contributed by atoms with Crippen molar-refractivity contribution in [1.29, 1.82) is 0 Å². The average molecular weight is 713 g/mol. The Morgan fingerprint density at radius 3 is 0.780 bits per heavy atom. The van der Waals surface area contributed by atoms with Gasteiger partial charge in [-0.25, -0.2) is 4.79 Å². The summed E-state index contributed by atoms with van der Waals surface area (Å²) in [6.07, 6.45) is -1.33. The van der Waals surface area contributed by atoms with Crippen LogP contribution in [0.25, 0.3) is 0 Å². The van der Waals surface area contributed by atoms with Crippen molar-refractivity contribution in [2.24, 2.45) is 0 Å². The maximum atomic E-state index is 13.0. The van der Waals surface area contributed by atoms with Crippen molar-refractivity contribution in [3.8, 4) is 0 Å². The van der Waals surface area contributed by atoms with Crippen LogP contribution in [-0.4, -0.2) is 85.5 Å². The number of ether oxygens (including phenoxy) is 1. The zero-order valence-electron chi connectivity index (χ0n) is 33.0. The lowest BCUT2D eigenvalue weighted by Crippen LogP contribution is -2.55. The van der Waals surface area contributed by atoms with Crippen LogP contribution in [0.1, 0.15) is 142 Å². The molecule has 0 heterocycles. The summed E-state index contributed by atoms with van der Waals surface area (Å²) < 4.78 is 5.27. The van der Waals surface area contributed by atoms with Crippen LogP contribution in [-0.2, 0) is 33.5 Å². The molecule has 0 atom stereocenters. The fourth-order valence-electron chi connectivity index (χ4n) is 5.34. The SMILES string of the molecule is CC(C)(CC(=O)O)NC(=O)CC(C)(C)NC(=O)CC(C)(C)NC(=O)CC(C)(C)NC(=O)CC(C)(C)NC(=O)CC(C)(C)NC(=O)OC(C)(C)C. The van der Waals surface area contributed by atoms with Crippen LogP contribution in [0.4, 0.5) is 4.79 Å². The summed E-state index contributed by atoms with van der Waals surface area (Å²) in [5, 5.41) is 25.7. The first kappa shape index (κ1) is 46.1. The fraction of sp³-hybridized carbons (Fsp3) is 0.800. The summed E-state index contributed by atoms with van der Waals surface area (Å²) in [6, 6.07) is 0. The van der Waals surface area contributed by atoms with Crippen LogP contribution >= 0.6 is 0 Å². The van der Waals surface area contributed by atoms with Gasteiger partial charge in [0.05, 0.1) is 6.42 Å². The number of hydrogen-bond donors (Lipinski definition) is 7. The van der Waals surface area contributed by atoms with Gasteiger partial charge in [-0.05, 0) is 104 Å². The van der Waals surface area contributed by atoms with Crippen LogP contribution < -0.4 is 31.9 Å². The highest BCUT2D eigenvalue weighted by atomic mass is 16.6. The van der Waals surface area contributed by atoms with E-state index in [4.69, 9.17) is 9.84 Å². The summed E-state index contributed by atoms with van der Waals surface area (Å²) in [7, 11) is 0. The van der Waals surface area contributed by atoms with Gasteiger partial charge < -0.3 is 41.7 Å². The second kappa shape index (κ2) is 16.9. The summed E-state index contributed by atoms with van der Waals surface area (Å²) in [5.41, 5.74) is -6.40. The topological polar surface area (TPSA) is 221 Å². The Kier molecular flexibility index (Phi) is 15.5. The summed E-state index contributed by atoms with van der Waals surface area (Å²) >= 11 is 0. The highest BCUT2D eigenvalue weighted by Crippen LogP contribution is 2.19. The molecule has 15 heteroatoms. The Labute approximate surface area is 297 Å². The van der Waals surface area contributed by atoms with E-state index in [2.05, 4.69) is 31.9 Å². The van der Waals surface area contributed by atoms with Crippen molar-refractivity contribution in [1.82, 2.24) is 31.9 Å². The smallest absolute Gasteiger partial charge is 0.408 e. The third kappa shape index (κ3) is 21.9. The number of aliphatic carboxylic acids is 1. The lowest BCUT2D eigenvalue weighted by atomic mass is 9.93. The second-order valence-electron chi connectivity index (χ2n) is 18.1. The molecule has 0 aliphatic carbocycles. The summed E-state index contributed by atoms with van der Waals surface area (Å²) in [6.45, 7) is 25.3. The highest BCUT2D eigenvalue weighted by Gasteiger charge is 2.35. The van der Waals surface area contributed by atoms with Gasteiger partial charge in [-0.1, -0.05) is 0 Å². The average Bonchev–Trinajstić information content (AvgIpc) is 2.70. The van der Waals surface area contributed by atoms with E-state index in [-0.39, 0.29) is 44.4 Å². The molecule has 0 fully saturated rings. The van der Waals surface area contributed by atoms with Gasteiger partial charge in [0.2, 0.25) is 29.5 Å². The maximum Gasteiger partial charge on any atom is 0.408 e. The zero-order chi connectivity index (χ0) is 39.7. The maximum absolute atomic E-state index is 13.0. The molecule has 0 aromatic rings. The molecule has 6 amide bonds. The molecule has 0 spiro atoms. The first-order valence-corrected chi connectivity index (χ1v) is 16.8. The van der Waals surface area contributed by atoms with Crippen LogP contribution in [0.5, 0.6) is 0 Å². The molecule has 0 saturated carbocycles. The number of carboxylic acid groups (broad SMARTS) is 1. The van der Waals surface area contributed by atoms with Gasteiger partial charge in [0.15, 0.2) is 0 Å². The molecule has 50 heavy (non-hydrogen) atoms. The number of hydrogen-bond acceptors (Lipinski definition) is 8. The predicted molar refractivity (Wildman–Crippen MR) is 190 cm³/mol. The van der Waals surface area contributed by atoms with E-state index < -0.39 is 74.5 Å². The van der Waals surface area contributed by atoms with E-state index in [1.807, 2.05) is 0 Å². The number of carbonyl (C=O) groups is 7. The van der Waals surface area contributed by atoms with E-state index in [1.54, 1.807) is 104 Å². The van der Waals surface area contributed by atoms with E-state index >= 15 is 0 Å². The molecule has 0 rings (SSSR count). The number of carbonyl (C=O) groups excluding carboxylic acids is 6. The molecule has 7 N–H and O–H groups in total. The molecule has 0 aliphatic heterocycles. The molecule has 15 nitrogen and oxygen atoms in total. The van der Waals surface area contributed by atoms with E-state index in [0.29, 0.717) is 0 Å². The van der Waals surface area contributed by atoms with Crippen LogP contribution in [0.3, 0.4) is 0 Å². The monoisotopic (exact) mass is 712 g/mol. The fourth-order valence-corrected chi connectivity index (χ4v) is 5.34. The largest absolute Gasteiger partial charge is 0.481 e. The number of amides is 6. The predicted octanol–water partition coefficient (Wildman–Crippen LogP) is 3.19. The molecule has 0 bridgehead atoms. The zero-order valence-corrected chi connectivity index (χ0v) is 33.0. The van der Waals surface area contributed by atoms with Crippen LogP contribution in [0, 0.1) is 0 Å². The van der Waals surface area contributed by atoms with Crippen LogP contribution in [0.15, 0.2) is 0 Å². The number of nitrogens with one attached hydrogen (secondary N) is 6. The molecular formula is C35H64N6O9. The first-order chi connectivity index (χ1) is 22.0. The normalized spacial score (nSPS) is 13.0. The van der Waals surface area contributed by atoms with Gasteiger partial charge in [0, 0.05) is 65.3 Å². The van der Waals surface area contributed by atoms with Crippen molar-refractivity contribution in [2.75, 3.05) is 0 Å². The molecule has 0 aliphatic rings. The third-order valence-electron chi connectivity index (χ3n) is 6.83. The minimum atomic E-state index is -1.05. The Morgan fingerprint density at radius 2 is 0.580 bits per heavy atom. The quantitative estimate of drug-likeness (QED) is 0.111. The molecule has 0 unspecified atom stereocenters. The van der Waals surface area contributed by atoms with Gasteiger partial charge in [-0.3, -0.25) is 28.8 Å². The molecular weight excluding hydrogens is 648 g/mol. The second-order valence-corrected chi connectivity index (χ2v) is 18.1. The molecule has 0 aromatic heterocycles. The number of carboxylic acids is 1. The number of rotatable bonds is 18. The highest BCUT2D eigenvalue weighted by molar-refractivity contribution is 5.85. The van der Waals surface area contributed by atoms with Gasteiger partial charge in [0.25, 0.3) is 0 Å². The minimum Gasteiger partial charge on any atom is -0.481 e. The Morgan fingerprint density at radius 1 is 0.380 bits per heavy atom. The van der Waals surface area contributed by atoms with Gasteiger partial charge >= 0.3 is 12.1 Å². The Balaban J connectivity index is 5.03. The van der Waals surface area contributed by atoms with Gasteiger partial charge in [-0.2, -0.15) is 0 Å². The molecule has 0 radical (unpaired) electrons. The van der Waals surface area contributed by atoms with Crippen LogP contribution in [0.2, 0.25) is 0 Å². The molecule has 288 valence electrons.